The molecule has 1 aromatic carbocycles. The Morgan fingerprint density at radius 3 is 2.62 bits per heavy atom. The molecule has 1 aliphatic heterocycles. The van der Waals surface area contributed by atoms with E-state index >= 15 is 0 Å². The van der Waals surface area contributed by atoms with E-state index in [-0.39, 0.29) is 12.6 Å². The zero-order valence-corrected chi connectivity index (χ0v) is 9.66. The van der Waals surface area contributed by atoms with Gasteiger partial charge in [-0.2, -0.15) is 0 Å². The van der Waals surface area contributed by atoms with Gasteiger partial charge in [-0.1, -0.05) is 17.7 Å². The summed E-state index contributed by atoms with van der Waals surface area (Å²) in [5, 5.41) is 0. The van der Waals surface area contributed by atoms with Crippen LogP contribution >= 0.6 is 0 Å². The summed E-state index contributed by atoms with van der Waals surface area (Å²) in [6.07, 6.45) is 0. The lowest BCUT2D eigenvalue weighted by Gasteiger charge is -2.37. The van der Waals surface area contributed by atoms with Crippen molar-refractivity contribution in [2.45, 2.75) is 6.92 Å². The fraction of sp³-hybridized carbons (Fsp3) is 0.538. The number of alkyl halides is 1. The molecule has 1 saturated heterocycles. The molecule has 88 valence electrons. The van der Waals surface area contributed by atoms with Gasteiger partial charge >= 0.3 is 0 Å². The maximum Gasteiger partial charge on any atom is 0.119 e. The first-order valence-electron chi connectivity index (χ1n) is 5.75. The maximum atomic E-state index is 12.2. The monoisotopic (exact) mass is 223 g/mol. The van der Waals surface area contributed by atoms with Crippen LogP contribution in [0.2, 0.25) is 0 Å². The van der Waals surface area contributed by atoms with Gasteiger partial charge in [-0.15, -0.1) is 0 Å². The van der Waals surface area contributed by atoms with Crippen molar-refractivity contribution in [3.8, 4) is 5.75 Å². The molecule has 3 heteroatoms. The minimum absolute atomic E-state index is 0.185. The van der Waals surface area contributed by atoms with Crippen molar-refractivity contribution in [3.63, 3.8) is 0 Å². The molecule has 0 amide bonds. The summed E-state index contributed by atoms with van der Waals surface area (Å²) < 4.78 is 17.8. The highest BCUT2D eigenvalue weighted by atomic mass is 19.1. The van der Waals surface area contributed by atoms with Gasteiger partial charge in [-0.25, -0.2) is 0 Å². The van der Waals surface area contributed by atoms with Gasteiger partial charge in [0.1, 0.15) is 12.4 Å². The Bertz CT molecular complexity index is 319. The van der Waals surface area contributed by atoms with Gasteiger partial charge in [0, 0.05) is 25.6 Å². The second-order valence-electron chi connectivity index (χ2n) is 4.44. The zero-order valence-electron chi connectivity index (χ0n) is 9.66. The molecular weight excluding hydrogens is 205 g/mol. The van der Waals surface area contributed by atoms with E-state index in [0.29, 0.717) is 6.61 Å². The van der Waals surface area contributed by atoms with Crippen LogP contribution in [0.3, 0.4) is 0 Å². The number of halogens is 1. The second-order valence-corrected chi connectivity index (χ2v) is 4.44. The van der Waals surface area contributed by atoms with Crippen LogP contribution in [0.1, 0.15) is 5.56 Å². The Labute approximate surface area is 96.0 Å². The first-order chi connectivity index (χ1) is 7.78. The first-order valence-corrected chi connectivity index (χ1v) is 5.75. The molecule has 1 aromatic rings. The minimum atomic E-state index is -0.185. The normalized spacial score (nSPS) is 17.1. The fourth-order valence-electron chi connectivity index (χ4n) is 1.88. The van der Waals surface area contributed by atoms with E-state index in [4.69, 9.17) is 4.74 Å². The number of ether oxygens (including phenoxy) is 1. The Hall–Kier alpha value is -1.09. The third-order valence-corrected chi connectivity index (χ3v) is 2.95. The van der Waals surface area contributed by atoms with Crippen molar-refractivity contribution in [3.05, 3.63) is 29.8 Å². The van der Waals surface area contributed by atoms with Gasteiger partial charge in [0.2, 0.25) is 0 Å². The van der Waals surface area contributed by atoms with E-state index in [1.54, 1.807) is 0 Å². The van der Waals surface area contributed by atoms with Crippen LogP contribution in [-0.4, -0.2) is 37.8 Å². The Balaban J connectivity index is 1.63. The van der Waals surface area contributed by atoms with Gasteiger partial charge in [0.25, 0.3) is 0 Å². The molecule has 0 saturated carbocycles. The molecule has 16 heavy (non-hydrogen) atoms. The zero-order chi connectivity index (χ0) is 11.4. The Morgan fingerprint density at radius 2 is 2.00 bits per heavy atom. The molecule has 2 nitrogen and oxygen atoms in total. The molecule has 0 N–H and O–H groups in total. The SMILES string of the molecule is Cc1ccc(OCCN2CC(CF)C2)cc1. The van der Waals surface area contributed by atoms with Gasteiger partial charge in [0.05, 0.1) is 6.67 Å². The molecular formula is C13H18FNO. The van der Waals surface area contributed by atoms with Crippen molar-refractivity contribution < 1.29 is 9.13 Å². The topological polar surface area (TPSA) is 12.5 Å². The molecule has 1 aliphatic rings. The maximum absolute atomic E-state index is 12.2. The van der Waals surface area contributed by atoms with E-state index in [9.17, 15) is 4.39 Å². The first kappa shape index (κ1) is 11.4. The largest absolute Gasteiger partial charge is 0.492 e. The quantitative estimate of drug-likeness (QED) is 0.759. The molecule has 2 rings (SSSR count). The van der Waals surface area contributed by atoms with Crippen LogP contribution in [0.4, 0.5) is 4.39 Å². The number of benzene rings is 1. The number of hydrogen-bond donors (Lipinski definition) is 0. The van der Waals surface area contributed by atoms with E-state index in [1.807, 2.05) is 24.3 Å². The predicted molar refractivity (Wildman–Crippen MR) is 62.6 cm³/mol. The van der Waals surface area contributed by atoms with Gasteiger partial charge in [-0.3, -0.25) is 9.29 Å². The van der Waals surface area contributed by atoms with Crippen LogP contribution in [0.5, 0.6) is 5.75 Å². The number of aryl methyl sites for hydroxylation is 1. The van der Waals surface area contributed by atoms with E-state index in [0.717, 1.165) is 25.4 Å². The predicted octanol–water partition coefficient (Wildman–Crippen LogP) is 2.28. The molecule has 0 aliphatic carbocycles. The van der Waals surface area contributed by atoms with Crippen LogP contribution in [0, 0.1) is 12.8 Å². The van der Waals surface area contributed by atoms with E-state index in [1.165, 1.54) is 5.56 Å². The molecule has 0 aromatic heterocycles. The lowest BCUT2D eigenvalue weighted by Crippen LogP contribution is -2.49. The number of rotatable bonds is 5. The summed E-state index contributed by atoms with van der Waals surface area (Å²) in [4.78, 5) is 2.22. The van der Waals surface area contributed by atoms with E-state index in [2.05, 4.69) is 11.8 Å². The molecule has 0 bridgehead atoms. The summed E-state index contributed by atoms with van der Waals surface area (Å²) in [7, 11) is 0. The molecule has 1 heterocycles. The van der Waals surface area contributed by atoms with Crippen molar-refractivity contribution in [2.24, 2.45) is 5.92 Å². The highest BCUT2D eigenvalue weighted by Crippen LogP contribution is 2.16. The second kappa shape index (κ2) is 5.30. The van der Waals surface area contributed by atoms with Gasteiger partial charge < -0.3 is 4.74 Å². The Morgan fingerprint density at radius 1 is 1.31 bits per heavy atom. The molecule has 0 unspecified atom stereocenters. The molecule has 0 atom stereocenters. The smallest absolute Gasteiger partial charge is 0.119 e. The molecule has 1 fully saturated rings. The summed E-state index contributed by atoms with van der Waals surface area (Å²) >= 11 is 0. The average Bonchev–Trinajstić information content (AvgIpc) is 2.24. The van der Waals surface area contributed by atoms with Crippen molar-refractivity contribution in [1.82, 2.24) is 4.90 Å². The highest BCUT2D eigenvalue weighted by Gasteiger charge is 2.25. The molecule has 0 spiro atoms. The Kier molecular flexibility index (Phi) is 3.78. The van der Waals surface area contributed by atoms with Gasteiger partial charge in [0.15, 0.2) is 0 Å². The lowest BCUT2D eigenvalue weighted by molar-refractivity contribution is 0.0668. The third-order valence-electron chi connectivity index (χ3n) is 2.95. The standard InChI is InChI=1S/C13H18FNO/c1-11-2-4-13(5-3-11)16-7-6-15-9-12(8-14)10-15/h2-5,12H,6-10H2,1H3. The number of likely N-dealkylation sites (tertiary alicyclic amines) is 1. The van der Waals surface area contributed by atoms with Crippen LogP contribution in [0.25, 0.3) is 0 Å². The summed E-state index contributed by atoms with van der Waals surface area (Å²) in [6, 6.07) is 8.04. The summed E-state index contributed by atoms with van der Waals surface area (Å²) in [6.45, 7) is 5.21. The average molecular weight is 223 g/mol. The van der Waals surface area contributed by atoms with Crippen LogP contribution < -0.4 is 4.74 Å². The third kappa shape index (κ3) is 2.95. The summed E-state index contributed by atoms with van der Waals surface area (Å²) in [5.74, 6) is 1.17. The van der Waals surface area contributed by atoms with Crippen LogP contribution in [-0.2, 0) is 0 Å². The van der Waals surface area contributed by atoms with Gasteiger partial charge in [-0.05, 0) is 19.1 Å². The van der Waals surface area contributed by atoms with Crippen molar-refractivity contribution >= 4 is 0 Å². The number of hydrogen-bond acceptors (Lipinski definition) is 2. The fourth-order valence-corrected chi connectivity index (χ4v) is 1.88. The minimum Gasteiger partial charge on any atom is -0.492 e. The lowest BCUT2D eigenvalue weighted by atomic mass is 10.0. The van der Waals surface area contributed by atoms with Crippen LogP contribution in [0.15, 0.2) is 24.3 Å². The van der Waals surface area contributed by atoms with Crippen molar-refractivity contribution in [2.75, 3.05) is 32.9 Å². The molecule has 0 radical (unpaired) electrons. The summed E-state index contributed by atoms with van der Waals surface area (Å²) in [5.41, 5.74) is 1.24. The number of nitrogens with zero attached hydrogens (tertiary/aromatic N) is 1. The van der Waals surface area contributed by atoms with E-state index < -0.39 is 0 Å². The highest BCUT2D eigenvalue weighted by molar-refractivity contribution is 5.26. The van der Waals surface area contributed by atoms with Crippen molar-refractivity contribution in [1.29, 1.82) is 0 Å².